The fraction of sp³-hybridized carbons (Fsp3) is 0.400. The van der Waals surface area contributed by atoms with Crippen LogP contribution in [0.3, 0.4) is 0 Å². The monoisotopic (exact) mass is 416 g/mol. The first-order valence-corrected chi connectivity index (χ1v) is 10.8. The van der Waals surface area contributed by atoms with E-state index in [4.69, 9.17) is 4.74 Å². The van der Waals surface area contributed by atoms with Gasteiger partial charge in [-0.1, -0.05) is 56.2 Å². The molecule has 2 bridgehead atoms. The Bertz CT molecular complexity index is 1170. The van der Waals surface area contributed by atoms with Crippen molar-refractivity contribution in [3.8, 4) is 6.07 Å². The second-order valence-electron chi connectivity index (χ2n) is 8.68. The predicted molar refractivity (Wildman–Crippen MR) is 115 cm³/mol. The summed E-state index contributed by atoms with van der Waals surface area (Å²) in [6.45, 7) is 1.96. The molecule has 2 aromatic carbocycles. The molecule has 158 valence electrons. The zero-order valence-electron chi connectivity index (χ0n) is 17.4. The van der Waals surface area contributed by atoms with Gasteiger partial charge in [0, 0.05) is 23.8 Å². The molecule has 0 spiro atoms. The van der Waals surface area contributed by atoms with E-state index in [1.807, 2.05) is 36.4 Å². The van der Waals surface area contributed by atoms with Crippen LogP contribution >= 0.6 is 0 Å². The van der Waals surface area contributed by atoms with Crippen molar-refractivity contribution >= 4 is 28.3 Å². The summed E-state index contributed by atoms with van der Waals surface area (Å²) in [6.07, 6.45) is 6.62. The summed E-state index contributed by atoms with van der Waals surface area (Å²) in [7, 11) is 0. The molecule has 6 heteroatoms. The van der Waals surface area contributed by atoms with Crippen molar-refractivity contribution in [2.75, 3.05) is 11.5 Å². The van der Waals surface area contributed by atoms with Gasteiger partial charge in [-0.3, -0.25) is 9.59 Å². The number of ether oxygens (including phenoxy) is 1. The average molecular weight is 416 g/mol. The van der Waals surface area contributed by atoms with Crippen molar-refractivity contribution in [2.24, 2.45) is 11.8 Å². The van der Waals surface area contributed by atoms with Gasteiger partial charge in [0.2, 0.25) is 11.8 Å². The molecule has 31 heavy (non-hydrogen) atoms. The number of carbonyl (C=O) groups is 2. The Morgan fingerprint density at radius 3 is 2.29 bits per heavy atom. The molecule has 1 N–H and O–H groups in total. The highest BCUT2D eigenvalue weighted by Gasteiger charge is 2.73. The summed E-state index contributed by atoms with van der Waals surface area (Å²) < 4.78 is 6.42. The smallest absolute Gasteiger partial charge is 0.241 e. The number of unbranched alkanes of at least 4 members (excludes halogenated alkanes) is 1. The molecule has 0 radical (unpaired) electrons. The van der Waals surface area contributed by atoms with E-state index in [-0.39, 0.29) is 24.8 Å². The number of nitrogens with zero attached hydrogens (tertiary/aromatic N) is 2. The van der Waals surface area contributed by atoms with Gasteiger partial charge in [-0.05, 0) is 18.6 Å². The van der Waals surface area contributed by atoms with Crippen molar-refractivity contribution in [1.29, 1.82) is 5.26 Å². The lowest BCUT2D eigenvalue weighted by Crippen LogP contribution is -2.42. The van der Waals surface area contributed by atoms with E-state index in [0.717, 1.165) is 12.8 Å². The molecule has 0 aliphatic carbocycles. The second kappa shape index (κ2) is 7.01. The van der Waals surface area contributed by atoms with Gasteiger partial charge in [0.05, 0.1) is 29.2 Å². The van der Waals surface area contributed by atoms with Crippen LogP contribution in [-0.4, -0.2) is 34.7 Å². The Hall–Kier alpha value is -3.01. The summed E-state index contributed by atoms with van der Waals surface area (Å²) in [5, 5.41) is 20.6. The molecule has 6 nitrogen and oxygen atoms in total. The predicted octanol–water partition coefficient (Wildman–Crippen LogP) is 3.47. The minimum Gasteiger partial charge on any atom is -0.396 e. The summed E-state index contributed by atoms with van der Waals surface area (Å²) in [5.41, 5.74) is -0.750. The van der Waals surface area contributed by atoms with E-state index < -0.39 is 23.0 Å². The number of fused-ring (bicyclic) bond motifs is 6. The first-order valence-electron chi connectivity index (χ1n) is 10.8. The van der Waals surface area contributed by atoms with Gasteiger partial charge < -0.3 is 9.84 Å². The molecule has 2 saturated heterocycles. The summed E-state index contributed by atoms with van der Waals surface area (Å²) in [4.78, 5) is 28.8. The zero-order valence-corrected chi connectivity index (χ0v) is 17.4. The van der Waals surface area contributed by atoms with E-state index in [0.29, 0.717) is 28.4 Å². The van der Waals surface area contributed by atoms with Gasteiger partial charge in [0.15, 0.2) is 0 Å². The second-order valence-corrected chi connectivity index (χ2v) is 8.68. The van der Waals surface area contributed by atoms with Gasteiger partial charge in [-0.15, -0.1) is 0 Å². The third-order valence-corrected chi connectivity index (χ3v) is 7.07. The van der Waals surface area contributed by atoms with Crippen LogP contribution in [0.25, 0.3) is 10.8 Å². The van der Waals surface area contributed by atoms with E-state index in [1.165, 1.54) is 4.90 Å². The van der Waals surface area contributed by atoms with Crippen LogP contribution in [0.15, 0.2) is 48.6 Å². The number of nitriles is 1. The molecule has 0 aromatic heterocycles. The molecule has 3 aliphatic heterocycles. The number of imide groups is 1. The van der Waals surface area contributed by atoms with Crippen molar-refractivity contribution < 1.29 is 19.4 Å². The first-order chi connectivity index (χ1) is 15.0. The number of carbonyl (C=O) groups excluding carboxylic acids is 2. The molecule has 3 aliphatic rings. The van der Waals surface area contributed by atoms with Crippen LogP contribution in [0.2, 0.25) is 0 Å². The van der Waals surface area contributed by atoms with Crippen LogP contribution < -0.4 is 4.90 Å². The van der Waals surface area contributed by atoms with E-state index in [9.17, 15) is 20.0 Å². The van der Waals surface area contributed by atoms with Crippen molar-refractivity contribution in [2.45, 2.75) is 43.8 Å². The lowest BCUT2D eigenvalue weighted by molar-refractivity contribution is -0.130. The van der Waals surface area contributed by atoms with Crippen LogP contribution in [0, 0.1) is 23.2 Å². The highest BCUT2D eigenvalue weighted by atomic mass is 16.5. The van der Waals surface area contributed by atoms with E-state index in [1.54, 1.807) is 12.1 Å². The fourth-order valence-electron chi connectivity index (χ4n) is 5.71. The van der Waals surface area contributed by atoms with Crippen molar-refractivity contribution in [3.63, 3.8) is 0 Å². The summed E-state index contributed by atoms with van der Waals surface area (Å²) in [6, 6.07) is 12.9. The van der Waals surface area contributed by atoms with Crippen LogP contribution in [0.4, 0.5) is 5.69 Å². The van der Waals surface area contributed by atoms with E-state index in [2.05, 4.69) is 13.0 Å². The molecule has 2 amide bonds. The quantitative estimate of drug-likeness (QED) is 0.575. The maximum Gasteiger partial charge on any atom is 0.241 e. The third kappa shape index (κ3) is 2.57. The molecule has 3 heterocycles. The lowest BCUT2D eigenvalue weighted by Gasteiger charge is -2.30. The van der Waals surface area contributed by atoms with Gasteiger partial charge >= 0.3 is 0 Å². The number of rotatable bonds is 6. The SMILES string of the molecule is CCCCC12C=CC(CCO)(O1)[C@H]1C(=O)N(c3ccc(C#N)c4ccccc34)C(=O)[C@H]12. The third-order valence-electron chi connectivity index (χ3n) is 7.07. The maximum atomic E-state index is 13.8. The molecule has 0 saturated carbocycles. The van der Waals surface area contributed by atoms with Crippen LogP contribution in [0.5, 0.6) is 0 Å². The zero-order chi connectivity index (χ0) is 21.8. The van der Waals surface area contributed by atoms with Crippen LogP contribution in [0.1, 0.15) is 38.2 Å². The Labute approximate surface area is 180 Å². The molecular formula is C25H24N2O4. The normalized spacial score (nSPS) is 30.9. The van der Waals surface area contributed by atoms with Crippen LogP contribution in [-0.2, 0) is 14.3 Å². The topological polar surface area (TPSA) is 90.6 Å². The summed E-state index contributed by atoms with van der Waals surface area (Å²) >= 11 is 0. The summed E-state index contributed by atoms with van der Waals surface area (Å²) in [5.74, 6) is -1.80. The van der Waals surface area contributed by atoms with Gasteiger partial charge in [0.25, 0.3) is 0 Å². The van der Waals surface area contributed by atoms with Crippen molar-refractivity contribution in [1.82, 2.24) is 0 Å². The van der Waals surface area contributed by atoms with Crippen molar-refractivity contribution in [3.05, 3.63) is 54.1 Å². The van der Waals surface area contributed by atoms with E-state index >= 15 is 0 Å². The molecule has 2 aromatic rings. The van der Waals surface area contributed by atoms with Gasteiger partial charge in [0.1, 0.15) is 11.2 Å². The number of benzene rings is 2. The fourth-order valence-corrected chi connectivity index (χ4v) is 5.71. The lowest BCUT2D eigenvalue weighted by atomic mass is 9.69. The molecular weight excluding hydrogens is 392 g/mol. The Kier molecular flexibility index (Phi) is 4.51. The number of anilines is 1. The largest absolute Gasteiger partial charge is 0.396 e. The molecule has 2 fully saturated rings. The van der Waals surface area contributed by atoms with Gasteiger partial charge in [-0.2, -0.15) is 5.26 Å². The maximum absolute atomic E-state index is 13.8. The minimum atomic E-state index is -0.947. The molecule has 5 rings (SSSR count). The Morgan fingerprint density at radius 1 is 1.03 bits per heavy atom. The average Bonchev–Trinajstić information content (AvgIpc) is 3.38. The number of hydrogen-bond donors (Lipinski definition) is 1. The molecule has 4 atom stereocenters. The highest BCUT2D eigenvalue weighted by molar-refractivity contribution is 6.26. The highest BCUT2D eigenvalue weighted by Crippen LogP contribution is 2.60. The first kappa shape index (κ1) is 19.9. The Morgan fingerprint density at radius 2 is 1.68 bits per heavy atom. The minimum absolute atomic E-state index is 0.126. The standard InChI is InChI=1S/C25H24N2O4/c1-2-3-10-24-11-12-25(31-24,13-14-28)21-20(24)22(29)27(23(21)30)19-9-8-16(15-26)17-6-4-5-7-18(17)19/h4-9,11-12,20-21,28H,2-3,10,13-14H2,1H3/t20-,21+,24?,25?/m0/s1. The Balaban J connectivity index is 1.64. The number of aliphatic hydroxyl groups excluding tert-OH is 1. The van der Waals surface area contributed by atoms with Gasteiger partial charge in [-0.25, -0.2) is 4.90 Å². The molecule has 2 unspecified atom stereocenters. The number of hydrogen-bond acceptors (Lipinski definition) is 5. The number of amides is 2. The number of aliphatic hydroxyl groups is 1.